The first-order valence-electron chi connectivity index (χ1n) is 9.64. The second-order valence-corrected chi connectivity index (χ2v) is 9.19. The molecule has 7 heteroatoms. The lowest BCUT2D eigenvalue weighted by atomic mass is 9.98. The number of benzene rings is 1. The van der Waals surface area contributed by atoms with Crippen molar-refractivity contribution >= 4 is 40.2 Å². The maximum absolute atomic E-state index is 13.1. The highest BCUT2D eigenvalue weighted by molar-refractivity contribution is 7.10. The molecule has 0 saturated carbocycles. The van der Waals surface area contributed by atoms with Crippen LogP contribution in [0.4, 0.5) is 5.69 Å². The van der Waals surface area contributed by atoms with E-state index in [1.54, 1.807) is 22.7 Å². The van der Waals surface area contributed by atoms with Crippen LogP contribution in [0.25, 0.3) is 0 Å². The van der Waals surface area contributed by atoms with Gasteiger partial charge in [-0.25, -0.2) is 0 Å². The standard InChI is InChI=1S/C22H20N2O3S2/c25-20-6-3-14-12-15(4-5-17(14)23-20)27-13-21(26)24-9-7-18-16(8-11-29-18)22(24)19-2-1-10-28-19/h1-2,4-5,8,10-12,22H,3,6-7,9,13H2,(H,23,25). The molecule has 0 saturated heterocycles. The predicted molar refractivity (Wildman–Crippen MR) is 115 cm³/mol. The molecule has 2 aromatic heterocycles. The van der Waals surface area contributed by atoms with Gasteiger partial charge in [0.15, 0.2) is 6.61 Å². The molecule has 5 rings (SSSR count). The van der Waals surface area contributed by atoms with Crippen molar-refractivity contribution in [1.82, 2.24) is 4.90 Å². The summed E-state index contributed by atoms with van der Waals surface area (Å²) in [5.41, 5.74) is 3.12. The summed E-state index contributed by atoms with van der Waals surface area (Å²) in [7, 11) is 0. The molecule has 2 aliphatic heterocycles. The quantitative estimate of drug-likeness (QED) is 0.681. The molecular weight excluding hydrogens is 404 g/mol. The van der Waals surface area contributed by atoms with Crippen LogP contribution in [0.5, 0.6) is 5.75 Å². The first-order chi connectivity index (χ1) is 14.2. The van der Waals surface area contributed by atoms with Gasteiger partial charge in [-0.3, -0.25) is 9.59 Å². The molecule has 5 nitrogen and oxygen atoms in total. The largest absolute Gasteiger partial charge is 0.484 e. The predicted octanol–water partition coefficient (Wildman–Crippen LogP) is 4.25. The Labute approximate surface area is 176 Å². The minimum Gasteiger partial charge on any atom is -0.484 e. The maximum Gasteiger partial charge on any atom is 0.261 e. The zero-order valence-electron chi connectivity index (χ0n) is 15.7. The van der Waals surface area contributed by atoms with Crippen molar-refractivity contribution in [3.8, 4) is 5.75 Å². The van der Waals surface area contributed by atoms with Crippen LogP contribution in [-0.2, 0) is 22.4 Å². The fourth-order valence-corrected chi connectivity index (χ4v) is 5.77. The van der Waals surface area contributed by atoms with E-state index in [1.807, 2.05) is 29.2 Å². The molecule has 148 valence electrons. The van der Waals surface area contributed by atoms with Gasteiger partial charge in [0, 0.05) is 28.4 Å². The van der Waals surface area contributed by atoms with Crippen molar-refractivity contribution in [3.05, 3.63) is 68.0 Å². The average Bonchev–Trinajstić information content (AvgIpc) is 3.43. The number of hydrogen-bond acceptors (Lipinski definition) is 5. The van der Waals surface area contributed by atoms with Gasteiger partial charge in [0.25, 0.3) is 5.91 Å². The average molecular weight is 425 g/mol. The van der Waals surface area contributed by atoms with Crippen molar-refractivity contribution in [3.63, 3.8) is 0 Å². The minimum atomic E-state index is -0.0279. The number of ether oxygens (including phenoxy) is 1. The molecule has 0 fully saturated rings. The SMILES string of the molecule is O=C1CCc2cc(OCC(=O)N3CCc4sccc4C3c3cccs3)ccc2N1. The van der Waals surface area contributed by atoms with Crippen LogP contribution in [0.3, 0.4) is 0 Å². The maximum atomic E-state index is 13.1. The number of amides is 2. The van der Waals surface area contributed by atoms with Crippen LogP contribution >= 0.6 is 22.7 Å². The van der Waals surface area contributed by atoms with E-state index in [4.69, 9.17) is 4.74 Å². The number of anilines is 1. The number of rotatable bonds is 4. The fourth-order valence-electron chi connectivity index (χ4n) is 4.02. The Kier molecular flexibility index (Phi) is 4.85. The number of nitrogens with one attached hydrogen (secondary N) is 1. The molecular formula is C22H20N2O3S2. The van der Waals surface area contributed by atoms with Crippen LogP contribution < -0.4 is 10.1 Å². The Bertz CT molecular complexity index is 1060. The zero-order valence-corrected chi connectivity index (χ0v) is 17.4. The molecule has 4 heterocycles. The van der Waals surface area contributed by atoms with E-state index in [2.05, 4.69) is 28.2 Å². The van der Waals surface area contributed by atoms with Crippen molar-refractivity contribution in [2.75, 3.05) is 18.5 Å². The van der Waals surface area contributed by atoms with Crippen molar-refractivity contribution in [2.45, 2.75) is 25.3 Å². The Morgan fingerprint density at radius 3 is 2.93 bits per heavy atom. The lowest BCUT2D eigenvalue weighted by Crippen LogP contribution is -2.42. The normalized spacial score (nSPS) is 18.0. The van der Waals surface area contributed by atoms with Crippen molar-refractivity contribution in [2.24, 2.45) is 0 Å². The molecule has 1 atom stereocenters. The number of aryl methyl sites for hydroxylation is 1. The minimum absolute atomic E-state index is 0.00644. The molecule has 0 radical (unpaired) electrons. The van der Waals surface area contributed by atoms with Crippen LogP contribution in [0, 0.1) is 0 Å². The first-order valence-corrected chi connectivity index (χ1v) is 11.4. The van der Waals surface area contributed by atoms with E-state index in [9.17, 15) is 9.59 Å². The number of nitrogens with zero attached hydrogens (tertiary/aromatic N) is 1. The Balaban J connectivity index is 1.32. The van der Waals surface area contributed by atoms with E-state index in [1.165, 1.54) is 15.3 Å². The summed E-state index contributed by atoms with van der Waals surface area (Å²) in [6.45, 7) is 0.709. The molecule has 1 N–H and O–H groups in total. The molecule has 1 unspecified atom stereocenters. The molecule has 0 bridgehead atoms. The third-order valence-corrected chi connectivity index (χ3v) is 7.35. The van der Waals surface area contributed by atoms with Crippen molar-refractivity contribution < 1.29 is 14.3 Å². The second kappa shape index (κ2) is 7.65. The summed E-state index contributed by atoms with van der Waals surface area (Å²) >= 11 is 3.45. The van der Waals surface area contributed by atoms with Gasteiger partial charge in [-0.05, 0) is 65.1 Å². The number of hydrogen-bond donors (Lipinski definition) is 1. The van der Waals surface area contributed by atoms with Gasteiger partial charge in [0.1, 0.15) is 5.75 Å². The Hall–Kier alpha value is -2.64. The topological polar surface area (TPSA) is 58.6 Å². The molecule has 3 aromatic rings. The summed E-state index contributed by atoms with van der Waals surface area (Å²) in [6, 6.07) is 11.8. The van der Waals surface area contributed by atoms with E-state index in [-0.39, 0.29) is 24.5 Å². The highest BCUT2D eigenvalue weighted by Gasteiger charge is 2.33. The fraction of sp³-hybridized carbons (Fsp3) is 0.273. The number of carbonyl (C=O) groups is 2. The second-order valence-electron chi connectivity index (χ2n) is 7.21. The third kappa shape index (κ3) is 3.56. The summed E-state index contributed by atoms with van der Waals surface area (Å²) in [6.07, 6.45) is 2.06. The van der Waals surface area contributed by atoms with Gasteiger partial charge in [-0.2, -0.15) is 0 Å². The van der Waals surface area contributed by atoms with Gasteiger partial charge < -0.3 is 15.0 Å². The van der Waals surface area contributed by atoms with Gasteiger partial charge in [0.2, 0.25) is 5.91 Å². The molecule has 2 amide bonds. The lowest BCUT2D eigenvalue weighted by Gasteiger charge is -2.35. The van der Waals surface area contributed by atoms with Crippen LogP contribution in [0.15, 0.2) is 47.2 Å². The van der Waals surface area contributed by atoms with Gasteiger partial charge in [-0.1, -0.05) is 6.07 Å². The molecule has 0 aliphatic carbocycles. The van der Waals surface area contributed by atoms with Crippen LogP contribution in [0.2, 0.25) is 0 Å². The van der Waals surface area contributed by atoms with E-state index in [0.29, 0.717) is 25.1 Å². The zero-order chi connectivity index (χ0) is 19.8. The third-order valence-electron chi connectivity index (χ3n) is 5.43. The molecule has 0 spiro atoms. The van der Waals surface area contributed by atoms with Gasteiger partial charge in [0.05, 0.1) is 6.04 Å². The van der Waals surface area contributed by atoms with Crippen LogP contribution in [-0.4, -0.2) is 29.9 Å². The molecule has 29 heavy (non-hydrogen) atoms. The van der Waals surface area contributed by atoms with Crippen LogP contribution in [0.1, 0.15) is 33.3 Å². The Morgan fingerprint density at radius 2 is 2.07 bits per heavy atom. The van der Waals surface area contributed by atoms with Gasteiger partial charge in [-0.15, -0.1) is 22.7 Å². The van der Waals surface area contributed by atoms with Crippen molar-refractivity contribution in [1.29, 1.82) is 0 Å². The summed E-state index contributed by atoms with van der Waals surface area (Å²) in [5, 5.41) is 7.03. The van der Waals surface area contributed by atoms with E-state index < -0.39 is 0 Å². The number of thiophene rings is 2. The lowest BCUT2D eigenvalue weighted by molar-refractivity contribution is -0.135. The summed E-state index contributed by atoms with van der Waals surface area (Å²) in [5.74, 6) is 0.694. The van der Waals surface area contributed by atoms with E-state index in [0.717, 1.165) is 17.7 Å². The van der Waals surface area contributed by atoms with E-state index >= 15 is 0 Å². The van der Waals surface area contributed by atoms with Gasteiger partial charge >= 0.3 is 0 Å². The monoisotopic (exact) mass is 424 g/mol. The number of fused-ring (bicyclic) bond motifs is 2. The summed E-state index contributed by atoms with van der Waals surface area (Å²) < 4.78 is 5.85. The number of carbonyl (C=O) groups excluding carboxylic acids is 2. The molecule has 1 aromatic carbocycles. The first kappa shape index (κ1) is 18.4. The Morgan fingerprint density at radius 1 is 1.14 bits per heavy atom. The summed E-state index contributed by atoms with van der Waals surface area (Å²) in [4.78, 5) is 29.1. The highest BCUT2D eigenvalue weighted by Crippen LogP contribution is 2.39. The molecule has 2 aliphatic rings. The highest BCUT2D eigenvalue weighted by atomic mass is 32.1. The smallest absolute Gasteiger partial charge is 0.261 e.